The van der Waals surface area contributed by atoms with Crippen LogP contribution in [0.4, 0.5) is 0 Å². The molecule has 0 saturated heterocycles. The minimum Gasteiger partial charge on any atom is -0.419 e. The molecular formula is C10H23LiOSi. The Labute approximate surface area is 96.9 Å². The van der Waals surface area contributed by atoms with Crippen LogP contribution in [0.1, 0.15) is 34.1 Å². The van der Waals surface area contributed by atoms with E-state index in [0.29, 0.717) is 5.04 Å². The smallest absolute Gasteiger partial charge is 0.419 e. The molecule has 0 atom stereocenters. The summed E-state index contributed by atoms with van der Waals surface area (Å²) in [4.78, 5) is 0. The summed E-state index contributed by atoms with van der Waals surface area (Å²) in [7, 11) is -1.46. The molecule has 13 heavy (non-hydrogen) atoms. The SMILES string of the molecule is C[CH-]CCO[Si](C)(C)C(C)(C)C.[Li+]. The first-order valence-corrected chi connectivity index (χ1v) is 7.64. The topological polar surface area (TPSA) is 9.23 Å². The van der Waals surface area contributed by atoms with Crippen LogP contribution in [0.2, 0.25) is 18.1 Å². The van der Waals surface area contributed by atoms with Crippen LogP contribution in [0.25, 0.3) is 0 Å². The van der Waals surface area contributed by atoms with Crippen molar-refractivity contribution in [1.29, 1.82) is 0 Å². The third-order valence-corrected chi connectivity index (χ3v) is 7.21. The van der Waals surface area contributed by atoms with Crippen LogP contribution in [0.5, 0.6) is 0 Å². The van der Waals surface area contributed by atoms with Gasteiger partial charge in [-0.1, -0.05) is 20.8 Å². The second-order valence-electron chi connectivity index (χ2n) is 4.81. The molecule has 0 fully saturated rings. The Morgan fingerprint density at radius 2 is 1.69 bits per heavy atom. The van der Waals surface area contributed by atoms with Crippen molar-refractivity contribution in [2.75, 3.05) is 6.61 Å². The van der Waals surface area contributed by atoms with Gasteiger partial charge in [0.25, 0.3) is 0 Å². The van der Waals surface area contributed by atoms with Gasteiger partial charge >= 0.3 is 18.9 Å². The average molecular weight is 194 g/mol. The Balaban J connectivity index is 0. The van der Waals surface area contributed by atoms with Gasteiger partial charge in [-0.15, -0.1) is 0 Å². The molecule has 0 unspecified atom stereocenters. The molecule has 0 N–H and O–H groups in total. The molecule has 3 heteroatoms. The van der Waals surface area contributed by atoms with Crippen molar-refractivity contribution in [3.8, 4) is 0 Å². The van der Waals surface area contributed by atoms with Gasteiger partial charge < -0.3 is 10.8 Å². The number of hydrogen-bond acceptors (Lipinski definition) is 1. The van der Waals surface area contributed by atoms with E-state index < -0.39 is 8.32 Å². The van der Waals surface area contributed by atoms with Crippen molar-refractivity contribution in [2.45, 2.75) is 52.2 Å². The van der Waals surface area contributed by atoms with Crippen molar-refractivity contribution in [3.63, 3.8) is 0 Å². The van der Waals surface area contributed by atoms with Gasteiger partial charge in [-0.25, -0.2) is 0 Å². The molecule has 0 aliphatic carbocycles. The molecular weight excluding hydrogens is 171 g/mol. The molecule has 0 heterocycles. The second kappa shape index (κ2) is 6.29. The van der Waals surface area contributed by atoms with E-state index >= 15 is 0 Å². The first-order valence-electron chi connectivity index (χ1n) is 4.73. The van der Waals surface area contributed by atoms with E-state index in [1.165, 1.54) is 0 Å². The summed E-state index contributed by atoms with van der Waals surface area (Å²) in [5.74, 6) is 0. The summed E-state index contributed by atoms with van der Waals surface area (Å²) in [6, 6.07) is 0. The Bertz CT molecular complexity index is 129. The monoisotopic (exact) mass is 194 g/mol. The van der Waals surface area contributed by atoms with Gasteiger partial charge in [0.1, 0.15) is 0 Å². The van der Waals surface area contributed by atoms with Gasteiger partial charge in [0.15, 0.2) is 8.32 Å². The number of hydrogen-bond donors (Lipinski definition) is 0. The molecule has 0 aliphatic heterocycles. The summed E-state index contributed by atoms with van der Waals surface area (Å²) >= 11 is 0. The zero-order valence-corrected chi connectivity index (χ0v) is 11.4. The molecule has 1 nitrogen and oxygen atoms in total. The molecule has 0 radical (unpaired) electrons. The third-order valence-electron chi connectivity index (χ3n) is 2.68. The van der Waals surface area contributed by atoms with E-state index in [1.807, 2.05) is 0 Å². The van der Waals surface area contributed by atoms with Gasteiger partial charge in [-0.05, 0) is 18.1 Å². The van der Waals surface area contributed by atoms with E-state index in [0.717, 1.165) is 13.0 Å². The van der Waals surface area contributed by atoms with Gasteiger partial charge in [0, 0.05) is 6.61 Å². The predicted octanol–water partition coefficient (Wildman–Crippen LogP) is 0.626. The maximum absolute atomic E-state index is 5.94. The zero-order valence-electron chi connectivity index (χ0n) is 10.4. The summed E-state index contributed by atoms with van der Waals surface area (Å²) in [6.45, 7) is 14.4. The molecule has 0 spiro atoms. The van der Waals surface area contributed by atoms with Crippen LogP contribution in [-0.4, -0.2) is 14.9 Å². The Morgan fingerprint density at radius 1 is 1.23 bits per heavy atom. The van der Waals surface area contributed by atoms with E-state index in [1.54, 1.807) is 0 Å². The summed E-state index contributed by atoms with van der Waals surface area (Å²) in [5.41, 5.74) is 0. The fraction of sp³-hybridized carbons (Fsp3) is 0.900. The standard InChI is InChI=1S/C10H23OSi.Li/c1-7-8-9-11-12(5,6)10(2,3)4;/h7H,8-9H2,1-6H3;/q-1;+1. The van der Waals surface area contributed by atoms with Crippen molar-refractivity contribution < 1.29 is 23.3 Å². The van der Waals surface area contributed by atoms with Crippen LogP contribution in [-0.2, 0) is 4.43 Å². The fourth-order valence-electron chi connectivity index (χ4n) is 0.648. The molecule has 0 aromatic rings. The maximum atomic E-state index is 5.94. The van der Waals surface area contributed by atoms with Crippen molar-refractivity contribution in [3.05, 3.63) is 6.42 Å². The van der Waals surface area contributed by atoms with Gasteiger partial charge in [0.05, 0.1) is 0 Å². The third kappa shape index (κ3) is 5.96. The summed E-state index contributed by atoms with van der Waals surface area (Å²) in [6.07, 6.45) is 3.24. The van der Waals surface area contributed by atoms with Crippen LogP contribution in [0.3, 0.4) is 0 Å². The fourth-order valence-corrected chi connectivity index (χ4v) is 1.71. The van der Waals surface area contributed by atoms with Gasteiger partial charge in [-0.2, -0.15) is 13.3 Å². The van der Waals surface area contributed by atoms with E-state index in [4.69, 9.17) is 4.43 Å². The number of unbranched alkanes of at least 4 members (excludes halogenated alkanes) is 1. The summed E-state index contributed by atoms with van der Waals surface area (Å²) < 4.78 is 5.94. The van der Waals surface area contributed by atoms with Gasteiger partial charge in [0.2, 0.25) is 0 Å². The first-order chi connectivity index (χ1) is 5.31. The zero-order chi connectivity index (χ0) is 9.83. The van der Waals surface area contributed by atoms with E-state index in [9.17, 15) is 0 Å². The Morgan fingerprint density at radius 3 is 2.00 bits per heavy atom. The predicted molar refractivity (Wildman–Crippen MR) is 57.7 cm³/mol. The minimum absolute atomic E-state index is 0. The molecule has 0 aromatic carbocycles. The van der Waals surface area contributed by atoms with Crippen LogP contribution >= 0.6 is 0 Å². The molecule has 0 saturated carbocycles. The normalized spacial score (nSPS) is 12.5. The Hall–Kier alpha value is 0.774. The summed E-state index contributed by atoms with van der Waals surface area (Å²) in [5, 5.41) is 0.348. The van der Waals surface area contributed by atoms with Crippen LogP contribution in [0, 0.1) is 6.42 Å². The molecule has 0 aromatic heterocycles. The van der Waals surface area contributed by atoms with E-state index in [-0.39, 0.29) is 18.9 Å². The van der Waals surface area contributed by atoms with Crippen molar-refractivity contribution in [1.82, 2.24) is 0 Å². The average Bonchev–Trinajstić information content (AvgIpc) is 1.85. The van der Waals surface area contributed by atoms with Crippen molar-refractivity contribution >= 4 is 8.32 Å². The molecule has 0 amide bonds. The van der Waals surface area contributed by atoms with Gasteiger partial charge in [-0.3, -0.25) is 0 Å². The van der Waals surface area contributed by atoms with Crippen LogP contribution in [0.15, 0.2) is 0 Å². The molecule has 0 bridgehead atoms. The minimum atomic E-state index is -1.46. The second-order valence-corrected chi connectivity index (χ2v) is 9.61. The maximum Gasteiger partial charge on any atom is 1.00 e. The first kappa shape index (κ1) is 16.2. The Kier molecular flexibility index (Phi) is 7.85. The molecule has 74 valence electrons. The van der Waals surface area contributed by atoms with Crippen molar-refractivity contribution in [2.24, 2.45) is 0 Å². The largest absolute Gasteiger partial charge is 1.00 e. The van der Waals surface area contributed by atoms with E-state index in [2.05, 4.69) is 47.2 Å². The number of rotatable bonds is 4. The molecule has 0 rings (SSSR count). The quantitative estimate of drug-likeness (QED) is 0.362. The van der Waals surface area contributed by atoms with Crippen LogP contribution < -0.4 is 18.9 Å². The molecule has 0 aliphatic rings.